The fraction of sp³-hybridized carbons (Fsp3) is 0. The van der Waals surface area contributed by atoms with Gasteiger partial charge in [0.1, 0.15) is 5.75 Å². The van der Waals surface area contributed by atoms with Gasteiger partial charge in [-0.05, 0) is 28.1 Å². The van der Waals surface area contributed by atoms with E-state index >= 15 is 0 Å². The highest BCUT2D eigenvalue weighted by Crippen LogP contribution is 2.32. The van der Waals surface area contributed by atoms with E-state index in [1.165, 1.54) is 6.20 Å². The summed E-state index contributed by atoms with van der Waals surface area (Å²) in [6, 6.07) is 3.55. The van der Waals surface area contributed by atoms with Crippen LogP contribution in [0.3, 0.4) is 0 Å². The molecule has 0 aliphatic rings. The van der Waals surface area contributed by atoms with Crippen molar-refractivity contribution in [1.82, 2.24) is 4.98 Å². The maximum absolute atomic E-state index is 9.33. The predicted octanol–water partition coefficient (Wildman–Crippen LogP) is 2.36. The van der Waals surface area contributed by atoms with Crippen LogP contribution in [0.5, 0.6) is 5.75 Å². The molecule has 0 bridgehead atoms. The lowest BCUT2D eigenvalue weighted by molar-refractivity contribution is 0.275. The van der Waals surface area contributed by atoms with E-state index in [-0.39, 0.29) is 5.75 Å². The highest BCUT2D eigenvalue weighted by atomic mass is 79.9. The van der Waals surface area contributed by atoms with Crippen molar-refractivity contribution in [3.8, 4) is 5.75 Å². The Hall–Kier alpha value is -0.560. The summed E-state index contributed by atoms with van der Waals surface area (Å²) in [5, 5.41) is 10.7. The number of H-pyrrole nitrogens is 1. The first-order valence-electron chi connectivity index (χ1n) is 4.12. The van der Waals surface area contributed by atoms with Crippen molar-refractivity contribution < 1.29 is 24.4 Å². The number of hydrogen-bond acceptors (Lipinski definition) is 2. The number of aromatic nitrogens is 1. The molecule has 5 N–H and O–H groups in total. The standard InChI is InChI=1S/C8H5BrClNO.H3O4P/c9-5-1-4-7(2-6(5)10)11-3-8(4)12;1-5(2,3)4/h1-3,11-12H;(H3,1,2,3,4). The maximum Gasteiger partial charge on any atom is 0.466 e. The van der Waals surface area contributed by atoms with E-state index in [1.54, 1.807) is 12.1 Å². The third kappa shape index (κ3) is 4.67. The summed E-state index contributed by atoms with van der Waals surface area (Å²) in [6.45, 7) is 0. The topological polar surface area (TPSA) is 114 Å². The molecule has 0 aliphatic carbocycles. The Bertz CT molecular complexity index is 572. The highest BCUT2D eigenvalue weighted by Gasteiger charge is 2.05. The third-order valence-corrected chi connectivity index (χ3v) is 2.90. The number of fused-ring (bicyclic) bond motifs is 1. The SMILES string of the molecule is O=P(O)(O)O.Oc1c[nH]c2cc(Cl)c(Br)cc12. The molecule has 1 aromatic heterocycles. The highest BCUT2D eigenvalue weighted by molar-refractivity contribution is 9.10. The molecule has 0 atom stereocenters. The lowest BCUT2D eigenvalue weighted by atomic mass is 10.2. The smallest absolute Gasteiger partial charge is 0.466 e. The van der Waals surface area contributed by atoms with Crippen LogP contribution in [0, 0.1) is 0 Å². The lowest BCUT2D eigenvalue weighted by Gasteiger charge is -1.95. The molecule has 94 valence electrons. The van der Waals surface area contributed by atoms with Crippen LogP contribution in [0.25, 0.3) is 10.9 Å². The molecule has 17 heavy (non-hydrogen) atoms. The number of aromatic hydroxyl groups is 1. The van der Waals surface area contributed by atoms with Crippen LogP contribution in [0.4, 0.5) is 0 Å². The van der Waals surface area contributed by atoms with Gasteiger partial charge in [-0.3, -0.25) is 0 Å². The summed E-state index contributed by atoms with van der Waals surface area (Å²) in [7, 11) is -4.64. The molecule has 0 saturated carbocycles. The largest absolute Gasteiger partial charge is 0.506 e. The van der Waals surface area contributed by atoms with Gasteiger partial charge in [0.25, 0.3) is 0 Å². The average Bonchev–Trinajstić information content (AvgIpc) is 2.47. The van der Waals surface area contributed by atoms with E-state index in [2.05, 4.69) is 20.9 Å². The predicted molar refractivity (Wildman–Crippen MR) is 66.9 cm³/mol. The summed E-state index contributed by atoms with van der Waals surface area (Å²) < 4.78 is 9.67. The minimum absolute atomic E-state index is 0.238. The molecule has 1 heterocycles. The Morgan fingerprint density at radius 2 is 1.82 bits per heavy atom. The normalized spacial score (nSPS) is 11.1. The third-order valence-electron chi connectivity index (χ3n) is 1.70. The Morgan fingerprint density at radius 3 is 2.35 bits per heavy atom. The molecule has 0 amide bonds. The van der Waals surface area contributed by atoms with E-state index in [0.29, 0.717) is 5.02 Å². The molecule has 0 unspecified atom stereocenters. The number of aromatic amines is 1. The van der Waals surface area contributed by atoms with Crippen LogP contribution in [0.15, 0.2) is 22.8 Å². The van der Waals surface area contributed by atoms with Crippen LogP contribution < -0.4 is 0 Å². The molecule has 9 heteroatoms. The molecule has 0 radical (unpaired) electrons. The molecule has 2 rings (SSSR count). The van der Waals surface area contributed by atoms with Crippen LogP contribution in [-0.2, 0) is 4.57 Å². The number of hydrogen-bond donors (Lipinski definition) is 5. The lowest BCUT2D eigenvalue weighted by Crippen LogP contribution is -1.70. The number of rotatable bonds is 0. The van der Waals surface area contributed by atoms with Gasteiger partial charge in [0.2, 0.25) is 0 Å². The number of benzene rings is 1. The van der Waals surface area contributed by atoms with Crippen molar-refractivity contribution in [1.29, 1.82) is 0 Å². The van der Waals surface area contributed by atoms with Crippen molar-refractivity contribution in [3.05, 3.63) is 27.8 Å². The maximum atomic E-state index is 9.33. The summed E-state index contributed by atoms with van der Waals surface area (Å²) in [5.74, 6) is 0.238. The molecule has 0 spiro atoms. The van der Waals surface area contributed by atoms with E-state index in [9.17, 15) is 5.11 Å². The zero-order chi connectivity index (χ0) is 13.2. The quantitative estimate of drug-likeness (QED) is 0.471. The number of nitrogens with one attached hydrogen (secondary N) is 1. The summed E-state index contributed by atoms with van der Waals surface area (Å²) >= 11 is 9.13. The van der Waals surface area contributed by atoms with Crippen molar-refractivity contribution in [3.63, 3.8) is 0 Å². The van der Waals surface area contributed by atoms with Gasteiger partial charge in [-0.1, -0.05) is 11.6 Å². The average molecular weight is 344 g/mol. The van der Waals surface area contributed by atoms with Crippen molar-refractivity contribution in [2.45, 2.75) is 0 Å². The van der Waals surface area contributed by atoms with Gasteiger partial charge < -0.3 is 24.8 Å². The van der Waals surface area contributed by atoms with Gasteiger partial charge in [0.15, 0.2) is 0 Å². The second kappa shape index (κ2) is 5.39. The van der Waals surface area contributed by atoms with Crippen LogP contribution >= 0.6 is 35.4 Å². The zero-order valence-corrected chi connectivity index (χ0v) is 11.4. The molecule has 2 aromatic rings. The summed E-state index contributed by atoms with van der Waals surface area (Å²) in [5.41, 5.74) is 0.834. The number of halogens is 2. The van der Waals surface area contributed by atoms with E-state index in [1.807, 2.05) is 0 Å². The van der Waals surface area contributed by atoms with Crippen molar-refractivity contribution in [2.24, 2.45) is 0 Å². The molecular formula is C8H8BrClNO5P. The van der Waals surface area contributed by atoms with Crippen LogP contribution in [0.2, 0.25) is 5.02 Å². The van der Waals surface area contributed by atoms with Gasteiger partial charge in [0, 0.05) is 16.1 Å². The monoisotopic (exact) mass is 343 g/mol. The summed E-state index contributed by atoms with van der Waals surface area (Å²) in [4.78, 5) is 24.5. The van der Waals surface area contributed by atoms with Crippen molar-refractivity contribution in [2.75, 3.05) is 0 Å². The van der Waals surface area contributed by atoms with E-state index in [0.717, 1.165) is 15.4 Å². The first-order valence-corrected chi connectivity index (χ1v) is 6.85. The molecule has 6 nitrogen and oxygen atoms in total. The van der Waals surface area contributed by atoms with Gasteiger partial charge >= 0.3 is 7.82 Å². The second-order valence-corrected chi connectivity index (χ2v) is 5.29. The Balaban J connectivity index is 0.000000249. The fourth-order valence-corrected chi connectivity index (χ4v) is 1.61. The van der Waals surface area contributed by atoms with Gasteiger partial charge in [0.05, 0.1) is 10.5 Å². The Labute approximate surface area is 109 Å². The van der Waals surface area contributed by atoms with Gasteiger partial charge in [-0.15, -0.1) is 0 Å². The Kier molecular flexibility index (Phi) is 4.60. The second-order valence-electron chi connectivity index (χ2n) is 3.00. The molecule has 1 aromatic carbocycles. The minimum Gasteiger partial charge on any atom is -0.506 e. The van der Waals surface area contributed by atoms with Gasteiger partial charge in [-0.2, -0.15) is 0 Å². The molecule has 0 saturated heterocycles. The molecule has 0 aliphatic heterocycles. The van der Waals surface area contributed by atoms with Crippen LogP contribution in [-0.4, -0.2) is 24.8 Å². The molecule has 0 fully saturated rings. The van der Waals surface area contributed by atoms with E-state index < -0.39 is 7.82 Å². The summed E-state index contributed by atoms with van der Waals surface area (Å²) in [6.07, 6.45) is 1.54. The fourth-order valence-electron chi connectivity index (χ4n) is 1.10. The Morgan fingerprint density at radius 1 is 1.29 bits per heavy atom. The van der Waals surface area contributed by atoms with E-state index in [4.69, 9.17) is 30.8 Å². The minimum atomic E-state index is -4.64. The first kappa shape index (κ1) is 14.5. The number of phosphoric acid groups is 1. The molecular weight excluding hydrogens is 336 g/mol. The zero-order valence-electron chi connectivity index (χ0n) is 8.13. The first-order chi connectivity index (χ1) is 7.68. The van der Waals surface area contributed by atoms with Crippen molar-refractivity contribution >= 4 is 46.3 Å². The van der Waals surface area contributed by atoms with Crippen LogP contribution in [0.1, 0.15) is 0 Å². The van der Waals surface area contributed by atoms with Gasteiger partial charge in [-0.25, -0.2) is 4.57 Å².